The smallest absolute Gasteiger partial charge is 0.306 e. The minimum absolute atomic E-state index is 0.137. The number of ether oxygens (including phenoxy) is 3. The molecule has 0 aliphatic carbocycles. The zero-order chi connectivity index (χ0) is 46.5. The first-order chi connectivity index (χ1) is 31.5. The molecule has 64 heavy (non-hydrogen) atoms. The minimum atomic E-state index is -0.839. The van der Waals surface area contributed by atoms with Crippen LogP contribution in [0.4, 0.5) is 0 Å². The molecule has 0 rings (SSSR count). The molecular formula is C58H84O6. The average molecular weight is 877 g/mol. The van der Waals surface area contributed by atoms with Gasteiger partial charge in [0.2, 0.25) is 0 Å². The van der Waals surface area contributed by atoms with Crippen molar-refractivity contribution in [2.75, 3.05) is 13.2 Å². The van der Waals surface area contributed by atoms with E-state index in [0.29, 0.717) is 12.8 Å². The van der Waals surface area contributed by atoms with Crippen molar-refractivity contribution in [3.05, 3.63) is 170 Å². The van der Waals surface area contributed by atoms with Gasteiger partial charge in [0.1, 0.15) is 13.2 Å². The molecule has 1 atom stereocenters. The van der Waals surface area contributed by atoms with Gasteiger partial charge in [0.15, 0.2) is 6.10 Å². The van der Waals surface area contributed by atoms with Crippen LogP contribution in [0.1, 0.15) is 156 Å². The second-order valence-corrected chi connectivity index (χ2v) is 15.2. The molecule has 0 amide bonds. The van der Waals surface area contributed by atoms with E-state index in [4.69, 9.17) is 14.2 Å². The fourth-order valence-electron chi connectivity index (χ4n) is 5.73. The Bertz CT molecular complexity index is 1570. The SMILES string of the molecule is CC\C=C/C=C\C=C/C=C\C=C/CCCC(=O)OCC(COC(=O)CCCCC\C=C/C=C\C=C\C=C/C=C\C=C/C=C\CC)OC(=O)CCCCCCCCC/C=C\C/C=C\CC. The van der Waals surface area contributed by atoms with Gasteiger partial charge in [-0.15, -0.1) is 0 Å². The van der Waals surface area contributed by atoms with Gasteiger partial charge in [0, 0.05) is 19.3 Å². The van der Waals surface area contributed by atoms with Crippen LogP contribution < -0.4 is 0 Å². The van der Waals surface area contributed by atoms with Crippen LogP contribution in [0.5, 0.6) is 0 Å². The third-order valence-corrected chi connectivity index (χ3v) is 9.27. The Morgan fingerprint density at radius 2 is 0.656 bits per heavy atom. The molecule has 0 aliphatic rings. The van der Waals surface area contributed by atoms with E-state index in [1.165, 1.54) is 19.3 Å². The zero-order valence-electron chi connectivity index (χ0n) is 40.0. The Morgan fingerprint density at radius 3 is 1.12 bits per heavy atom. The number of esters is 3. The molecule has 0 aromatic rings. The highest BCUT2D eigenvalue weighted by atomic mass is 16.6. The Balaban J connectivity index is 4.64. The summed E-state index contributed by atoms with van der Waals surface area (Å²) in [5.74, 6) is -1.08. The van der Waals surface area contributed by atoms with Crippen LogP contribution in [-0.2, 0) is 28.6 Å². The van der Waals surface area contributed by atoms with Gasteiger partial charge in [-0.05, 0) is 77.0 Å². The standard InChI is InChI=1S/C58H84O6/c1-4-7-10-13-16-19-22-25-27-28-29-30-31-34-36-39-42-45-48-51-57(60)63-54-55(53-62-56(59)50-47-44-41-38-35-32-24-21-18-15-12-9-6-3)64-58(61)52-49-46-43-40-37-33-26-23-20-17-14-11-8-5-2/h7-13,15-22,24-25,27-32,34-36,38,41,55H,4-6,14,23,26,33,37,39-40,42-54H2,1-3H3/b10-7-,11-8-,12-9-,16-13-,18-15-,20-17-,22-19-,24-21-,27-25-,29-28+,31-30-,35-32-,36-34-,41-38-. The summed E-state index contributed by atoms with van der Waals surface area (Å²) in [4.78, 5) is 37.9. The molecule has 0 saturated carbocycles. The van der Waals surface area contributed by atoms with Gasteiger partial charge in [-0.3, -0.25) is 14.4 Å². The largest absolute Gasteiger partial charge is 0.462 e. The zero-order valence-corrected chi connectivity index (χ0v) is 40.0. The Kier molecular flexibility index (Phi) is 46.3. The lowest BCUT2D eigenvalue weighted by atomic mass is 10.1. The third kappa shape index (κ3) is 47.8. The van der Waals surface area contributed by atoms with Crippen LogP contribution in [0.3, 0.4) is 0 Å². The summed E-state index contributed by atoms with van der Waals surface area (Å²) in [6.07, 6.45) is 74.8. The first kappa shape index (κ1) is 58.8. The van der Waals surface area contributed by atoms with Gasteiger partial charge >= 0.3 is 17.9 Å². The van der Waals surface area contributed by atoms with Crippen molar-refractivity contribution >= 4 is 17.9 Å². The molecule has 0 fully saturated rings. The summed E-state index contributed by atoms with van der Waals surface area (Å²) in [5.41, 5.74) is 0. The second-order valence-electron chi connectivity index (χ2n) is 15.2. The van der Waals surface area contributed by atoms with Gasteiger partial charge < -0.3 is 14.2 Å². The molecule has 0 saturated heterocycles. The molecule has 0 N–H and O–H groups in total. The van der Waals surface area contributed by atoms with E-state index in [-0.39, 0.29) is 50.4 Å². The van der Waals surface area contributed by atoms with Crippen molar-refractivity contribution in [1.29, 1.82) is 0 Å². The van der Waals surface area contributed by atoms with Crippen molar-refractivity contribution in [3.8, 4) is 0 Å². The predicted octanol–water partition coefficient (Wildman–Crippen LogP) is 16.0. The maximum Gasteiger partial charge on any atom is 0.306 e. The van der Waals surface area contributed by atoms with Crippen molar-refractivity contribution in [2.24, 2.45) is 0 Å². The lowest BCUT2D eigenvalue weighted by Crippen LogP contribution is -2.30. The molecule has 352 valence electrons. The van der Waals surface area contributed by atoms with Crippen LogP contribution in [-0.4, -0.2) is 37.2 Å². The second kappa shape index (κ2) is 50.4. The van der Waals surface area contributed by atoms with Crippen LogP contribution in [0.25, 0.3) is 0 Å². The van der Waals surface area contributed by atoms with Gasteiger partial charge in [-0.2, -0.15) is 0 Å². The molecule has 0 bridgehead atoms. The molecule has 0 heterocycles. The van der Waals surface area contributed by atoms with Crippen molar-refractivity contribution in [3.63, 3.8) is 0 Å². The Morgan fingerprint density at radius 1 is 0.328 bits per heavy atom. The average Bonchev–Trinajstić information content (AvgIpc) is 3.29. The molecule has 1 unspecified atom stereocenters. The van der Waals surface area contributed by atoms with Crippen molar-refractivity contribution in [2.45, 2.75) is 162 Å². The normalized spacial score (nSPS) is 13.6. The van der Waals surface area contributed by atoms with E-state index >= 15 is 0 Å². The van der Waals surface area contributed by atoms with Gasteiger partial charge in [0.05, 0.1) is 0 Å². The van der Waals surface area contributed by atoms with E-state index in [0.717, 1.165) is 83.5 Å². The molecule has 0 radical (unpaired) electrons. The van der Waals surface area contributed by atoms with Gasteiger partial charge in [-0.1, -0.05) is 229 Å². The van der Waals surface area contributed by atoms with Gasteiger partial charge in [-0.25, -0.2) is 0 Å². The van der Waals surface area contributed by atoms with E-state index < -0.39 is 6.10 Å². The number of carbonyl (C=O) groups is 3. The number of unbranched alkanes of at least 4 members (excludes halogenated alkanes) is 11. The molecule has 0 spiro atoms. The maximum atomic E-state index is 12.8. The quantitative estimate of drug-likeness (QED) is 0.0201. The van der Waals surface area contributed by atoms with Crippen LogP contribution in [0.2, 0.25) is 0 Å². The lowest BCUT2D eigenvalue weighted by molar-refractivity contribution is -0.167. The third-order valence-electron chi connectivity index (χ3n) is 9.27. The van der Waals surface area contributed by atoms with Crippen molar-refractivity contribution in [1.82, 2.24) is 0 Å². The molecular weight excluding hydrogens is 793 g/mol. The van der Waals surface area contributed by atoms with Crippen LogP contribution in [0, 0.1) is 0 Å². The lowest BCUT2D eigenvalue weighted by Gasteiger charge is -2.18. The predicted molar refractivity (Wildman–Crippen MR) is 274 cm³/mol. The number of allylic oxidation sites excluding steroid dienone is 28. The van der Waals surface area contributed by atoms with E-state index in [2.05, 4.69) is 63.3 Å². The summed E-state index contributed by atoms with van der Waals surface area (Å²) in [7, 11) is 0. The van der Waals surface area contributed by atoms with E-state index in [9.17, 15) is 14.4 Å². The van der Waals surface area contributed by atoms with Crippen LogP contribution in [0.15, 0.2) is 170 Å². The number of rotatable bonds is 40. The number of carbonyl (C=O) groups excluding carboxylic acids is 3. The monoisotopic (exact) mass is 877 g/mol. The Labute approximate surface area is 390 Å². The fourth-order valence-corrected chi connectivity index (χ4v) is 5.73. The number of hydrogen-bond acceptors (Lipinski definition) is 6. The minimum Gasteiger partial charge on any atom is -0.462 e. The molecule has 6 heteroatoms. The highest BCUT2D eigenvalue weighted by Crippen LogP contribution is 2.12. The van der Waals surface area contributed by atoms with E-state index in [1.54, 1.807) is 0 Å². The molecule has 0 aliphatic heterocycles. The topological polar surface area (TPSA) is 78.9 Å². The number of hydrogen-bond donors (Lipinski definition) is 0. The summed E-state index contributed by atoms with van der Waals surface area (Å²) in [5, 5.41) is 0. The molecule has 0 aromatic heterocycles. The van der Waals surface area contributed by atoms with Crippen LogP contribution >= 0.6 is 0 Å². The highest BCUT2D eigenvalue weighted by molar-refractivity contribution is 5.71. The maximum absolute atomic E-state index is 12.8. The van der Waals surface area contributed by atoms with Gasteiger partial charge in [0.25, 0.3) is 0 Å². The highest BCUT2D eigenvalue weighted by Gasteiger charge is 2.19. The van der Waals surface area contributed by atoms with E-state index in [1.807, 2.05) is 128 Å². The summed E-state index contributed by atoms with van der Waals surface area (Å²) in [6.45, 7) is 6.09. The first-order valence-corrected chi connectivity index (χ1v) is 24.3. The first-order valence-electron chi connectivity index (χ1n) is 24.3. The summed E-state index contributed by atoms with van der Waals surface area (Å²) < 4.78 is 16.6. The Hall–Kier alpha value is -5.23. The molecule has 6 nitrogen and oxygen atoms in total. The summed E-state index contributed by atoms with van der Waals surface area (Å²) >= 11 is 0. The fraction of sp³-hybridized carbons (Fsp3) is 0.466. The molecule has 0 aromatic carbocycles. The summed E-state index contributed by atoms with van der Waals surface area (Å²) in [6, 6.07) is 0. The van der Waals surface area contributed by atoms with Crippen molar-refractivity contribution < 1.29 is 28.6 Å².